The lowest BCUT2D eigenvalue weighted by Gasteiger charge is -2.38. The van der Waals surface area contributed by atoms with Gasteiger partial charge in [0.2, 0.25) is 5.78 Å². The van der Waals surface area contributed by atoms with E-state index in [1.54, 1.807) is 52.0 Å². The number of hydrazone groups is 1. The molecule has 12 heteroatoms. The molecular formula is C19H30N2O8P2. The minimum Gasteiger partial charge on any atom is -0.497 e. The summed E-state index contributed by atoms with van der Waals surface area (Å²) in [4.78, 5) is 13.1. The number of Topliss-reactive ketones (excluding diaryl/α,β-unsaturated/α-hetero) is 1. The third kappa shape index (κ3) is 4.95. The highest BCUT2D eigenvalue weighted by Crippen LogP contribution is 2.78. The van der Waals surface area contributed by atoms with E-state index in [-0.39, 0.29) is 38.6 Å². The summed E-state index contributed by atoms with van der Waals surface area (Å²) in [5.74, 6) is 0.0413. The van der Waals surface area contributed by atoms with Crippen LogP contribution in [0, 0.1) is 0 Å². The third-order valence-electron chi connectivity index (χ3n) is 4.48. The molecule has 1 aromatic rings. The van der Waals surface area contributed by atoms with Gasteiger partial charge in [0.15, 0.2) is 0 Å². The minimum absolute atomic E-state index is 0.00693. The van der Waals surface area contributed by atoms with E-state index in [4.69, 9.17) is 22.8 Å². The van der Waals surface area contributed by atoms with Crippen LogP contribution in [0.3, 0.4) is 0 Å². The zero-order valence-electron chi connectivity index (χ0n) is 18.5. The number of carbonyl (C=O) groups excluding carboxylic acids is 1. The zero-order valence-corrected chi connectivity index (χ0v) is 20.2. The van der Waals surface area contributed by atoms with Crippen molar-refractivity contribution in [3.63, 3.8) is 0 Å². The number of ether oxygens (including phenoxy) is 1. The molecule has 1 N–H and O–H groups in total. The Morgan fingerprint density at radius 1 is 1.00 bits per heavy atom. The summed E-state index contributed by atoms with van der Waals surface area (Å²) >= 11 is 0. The summed E-state index contributed by atoms with van der Waals surface area (Å²) in [6, 6.07) is 6.52. The van der Waals surface area contributed by atoms with Crippen molar-refractivity contribution in [2.24, 2.45) is 5.10 Å². The van der Waals surface area contributed by atoms with Gasteiger partial charge in [-0.3, -0.25) is 19.4 Å². The number of rotatable bonds is 13. The summed E-state index contributed by atoms with van der Waals surface area (Å²) < 4.78 is 55.0. The van der Waals surface area contributed by atoms with Gasteiger partial charge in [0.1, 0.15) is 11.5 Å². The first-order chi connectivity index (χ1) is 14.8. The average molecular weight is 476 g/mol. The first kappa shape index (κ1) is 25.7. The number of hydrogen-bond donors (Lipinski definition) is 1. The highest BCUT2D eigenvalue weighted by Gasteiger charge is 2.68. The molecule has 31 heavy (non-hydrogen) atoms. The van der Waals surface area contributed by atoms with Gasteiger partial charge in [-0.05, 0) is 39.8 Å². The Morgan fingerprint density at radius 3 is 1.97 bits per heavy atom. The molecule has 0 fully saturated rings. The molecule has 1 aliphatic rings. The van der Waals surface area contributed by atoms with E-state index in [1.807, 2.05) is 0 Å². The molecular weight excluding hydrogens is 446 g/mol. The highest BCUT2D eigenvalue weighted by molar-refractivity contribution is 7.74. The lowest BCUT2D eigenvalue weighted by Crippen LogP contribution is -2.42. The maximum Gasteiger partial charge on any atom is 0.370 e. The van der Waals surface area contributed by atoms with E-state index in [9.17, 15) is 13.9 Å². The molecule has 0 radical (unpaired) electrons. The maximum absolute atomic E-state index is 13.9. The van der Waals surface area contributed by atoms with Gasteiger partial charge in [0, 0.05) is 12.0 Å². The Labute approximate surface area is 182 Å². The van der Waals surface area contributed by atoms with E-state index in [2.05, 4.69) is 10.5 Å². The number of ketones is 1. The standard InChI is InChI=1S/C19H30N2O8P2/c1-6-26-30(23,27-7-2)19(31(24,28-8-3)29-9-4)14-17(20-21-19)18(22)15-11-10-12-16(13-15)25-5/h10-13,21H,6-9,14H2,1-5H3. The van der Waals surface area contributed by atoms with Crippen molar-refractivity contribution >= 4 is 26.7 Å². The van der Waals surface area contributed by atoms with E-state index in [0.717, 1.165) is 0 Å². The van der Waals surface area contributed by atoms with Crippen molar-refractivity contribution < 1.29 is 36.8 Å². The van der Waals surface area contributed by atoms with Crippen molar-refractivity contribution in [2.45, 2.75) is 39.1 Å². The van der Waals surface area contributed by atoms with Crippen LogP contribution in [0.5, 0.6) is 5.75 Å². The van der Waals surface area contributed by atoms with Crippen molar-refractivity contribution in [3.05, 3.63) is 29.8 Å². The van der Waals surface area contributed by atoms with E-state index in [0.29, 0.717) is 11.3 Å². The summed E-state index contributed by atoms with van der Waals surface area (Å²) in [7, 11) is -6.87. The molecule has 0 amide bonds. The summed E-state index contributed by atoms with van der Waals surface area (Å²) in [6.45, 7) is 6.56. The second kappa shape index (κ2) is 10.9. The van der Waals surface area contributed by atoms with Gasteiger partial charge >= 0.3 is 15.2 Å². The molecule has 0 unspecified atom stereocenters. The van der Waals surface area contributed by atoms with Crippen LogP contribution in [0.15, 0.2) is 29.4 Å². The molecule has 2 rings (SSSR count). The predicted octanol–water partition coefficient (Wildman–Crippen LogP) is 4.41. The zero-order chi connectivity index (χ0) is 23.1. The third-order valence-corrected chi connectivity index (χ3v) is 10.7. The summed E-state index contributed by atoms with van der Waals surface area (Å²) in [6.07, 6.45) is -0.336. The highest BCUT2D eigenvalue weighted by atomic mass is 31.2. The maximum atomic E-state index is 13.9. The van der Waals surface area contributed by atoms with Gasteiger partial charge in [-0.15, -0.1) is 0 Å². The van der Waals surface area contributed by atoms with Crippen LogP contribution in [-0.4, -0.2) is 50.1 Å². The van der Waals surface area contributed by atoms with Crippen molar-refractivity contribution in [1.29, 1.82) is 0 Å². The Bertz CT molecular complexity index is 855. The monoisotopic (exact) mass is 476 g/mol. The first-order valence-electron chi connectivity index (χ1n) is 10.1. The lowest BCUT2D eigenvalue weighted by molar-refractivity contribution is 0.106. The topological polar surface area (TPSA) is 122 Å². The number of methoxy groups -OCH3 is 1. The van der Waals surface area contributed by atoms with Crippen LogP contribution in [-0.2, 0) is 27.2 Å². The number of hydrogen-bond acceptors (Lipinski definition) is 10. The van der Waals surface area contributed by atoms with Gasteiger partial charge in [-0.1, -0.05) is 12.1 Å². The van der Waals surface area contributed by atoms with Crippen molar-refractivity contribution in [2.75, 3.05) is 33.5 Å². The molecule has 1 aliphatic heterocycles. The summed E-state index contributed by atoms with van der Waals surface area (Å²) in [5, 5.41) is 2.10. The number of nitrogens with one attached hydrogen (secondary N) is 1. The summed E-state index contributed by atoms with van der Waals surface area (Å²) in [5.41, 5.74) is 2.93. The van der Waals surface area contributed by atoms with Crippen LogP contribution >= 0.6 is 15.2 Å². The molecule has 1 aromatic carbocycles. The molecule has 0 saturated carbocycles. The van der Waals surface area contributed by atoms with Gasteiger partial charge in [-0.25, -0.2) is 0 Å². The largest absolute Gasteiger partial charge is 0.497 e. The second-order valence-electron chi connectivity index (χ2n) is 6.39. The molecule has 0 saturated heterocycles. The quantitative estimate of drug-likeness (QED) is 0.326. The van der Waals surface area contributed by atoms with Gasteiger partial charge in [0.25, 0.3) is 5.02 Å². The van der Waals surface area contributed by atoms with Crippen LogP contribution in [0.4, 0.5) is 0 Å². The smallest absolute Gasteiger partial charge is 0.370 e. The predicted molar refractivity (Wildman–Crippen MR) is 117 cm³/mol. The van der Waals surface area contributed by atoms with E-state index in [1.165, 1.54) is 7.11 Å². The molecule has 0 atom stereocenters. The fourth-order valence-electron chi connectivity index (χ4n) is 3.18. The van der Waals surface area contributed by atoms with Gasteiger partial charge < -0.3 is 22.8 Å². The Hall–Kier alpha value is -1.54. The molecule has 10 nitrogen and oxygen atoms in total. The molecule has 0 aromatic heterocycles. The molecule has 0 spiro atoms. The molecule has 174 valence electrons. The average Bonchev–Trinajstić information content (AvgIpc) is 3.22. The van der Waals surface area contributed by atoms with Gasteiger partial charge in [-0.2, -0.15) is 5.10 Å². The Morgan fingerprint density at radius 2 is 1.52 bits per heavy atom. The Balaban J connectivity index is 2.54. The lowest BCUT2D eigenvalue weighted by atomic mass is 10.0. The van der Waals surface area contributed by atoms with Crippen LogP contribution in [0.1, 0.15) is 44.5 Å². The fraction of sp³-hybridized carbons (Fsp3) is 0.579. The van der Waals surface area contributed by atoms with Crippen LogP contribution in [0.2, 0.25) is 0 Å². The number of benzene rings is 1. The molecule has 0 aliphatic carbocycles. The minimum atomic E-state index is -4.18. The van der Waals surface area contributed by atoms with Gasteiger partial charge in [0.05, 0.1) is 33.5 Å². The molecule has 1 heterocycles. The van der Waals surface area contributed by atoms with E-state index < -0.39 is 26.0 Å². The Kier molecular flexibility index (Phi) is 9.01. The second-order valence-corrected chi connectivity index (χ2v) is 11.3. The van der Waals surface area contributed by atoms with Crippen molar-refractivity contribution in [3.8, 4) is 5.75 Å². The van der Waals surface area contributed by atoms with Crippen LogP contribution < -0.4 is 10.2 Å². The molecule has 0 bridgehead atoms. The number of nitrogens with zero attached hydrogens (tertiary/aromatic N) is 1. The van der Waals surface area contributed by atoms with Crippen molar-refractivity contribution in [1.82, 2.24) is 5.43 Å². The SMILES string of the molecule is CCOP(=O)(OCC)C1(P(=O)(OCC)OCC)CC(C(=O)c2cccc(OC)c2)=NN1. The first-order valence-corrected chi connectivity index (χ1v) is 13.2. The number of carbonyl (C=O) groups is 1. The fourth-order valence-corrected chi connectivity index (χ4v) is 8.47. The van der Waals surface area contributed by atoms with E-state index >= 15 is 0 Å². The van der Waals surface area contributed by atoms with Crippen LogP contribution in [0.25, 0.3) is 0 Å². The normalized spacial score (nSPS) is 16.0.